The zero-order valence-corrected chi connectivity index (χ0v) is 17.1. The molecule has 158 valence electrons. The monoisotopic (exact) mass is 402 g/mol. The molecule has 0 aliphatic carbocycles. The summed E-state index contributed by atoms with van der Waals surface area (Å²) in [4.78, 5) is 6.78. The number of hydrogen-bond donors (Lipinski definition) is 2. The summed E-state index contributed by atoms with van der Waals surface area (Å²) in [6, 6.07) is 10.3. The van der Waals surface area contributed by atoms with E-state index in [-0.39, 0.29) is 11.9 Å². The number of aliphatic imine (C=N–C) groups is 1. The number of rotatable bonds is 10. The molecule has 1 aromatic carbocycles. The molecule has 0 spiro atoms. The topological polar surface area (TPSA) is 62.0 Å². The van der Waals surface area contributed by atoms with E-state index in [4.69, 9.17) is 9.15 Å². The van der Waals surface area contributed by atoms with E-state index in [0.717, 1.165) is 50.7 Å². The van der Waals surface area contributed by atoms with E-state index in [1.54, 1.807) is 25.4 Å². The molecule has 2 N–H and O–H groups in total. The van der Waals surface area contributed by atoms with Gasteiger partial charge in [-0.05, 0) is 75.2 Å². The van der Waals surface area contributed by atoms with Crippen molar-refractivity contribution in [3.05, 3.63) is 54.2 Å². The van der Waals surface area contributed by atoms with Crippen molar-refractivity contribution in [2.45, 2.75) is 31.7 Å². The zero-order chi connectivity index (χ0) is 20.3. The molecule has 1 aromatic heterocycles. The van der Waals surface area contributed by atoms with E-state index < -0.39 is 0 Å². The molecule has 29 heavy (non-hydrogen) atoms. The molecule has 1 unspecified atom stereocenters. The summed E-state index contributed by atoms with van der Waals surface area (Å²) in [5.74, 6) is 2.23. The van der Waals surface area contributed by atoms with E-state index in [1.165, 1.54) is 25.0 Å². The van der Waals surface area contributed by atoms with Crippen LogP contribution in [0.4, 0.5) is 4.39 Å². The molecule has 3 rings (SSSR count). The van der Waals surface area contributed by atoms with Gasteiger partial charge < -0.3 is 19.8 Å². The van der Waals surface area contributed by atoms with Crippen molar-refractivity contribution in [3.63, 3.8) is 0 Å². The second kappa shape index (κ2) is 11.5. The second-order valence-corrected chi connectivity index (χ2v) is 7.16. The Morgan fingerprint density at radius 3 is 2.66 bits per heavy atom. The maximum atomic E-state index is 12.9. The summed E-state index contributed by atoms with van der Waals surface area (Å²) in [7, 11) is 1.78. The quantitative estimate of drug-likeness (QED) is 0.361. The molecule has 1 atom stereocenters. The Hall–Kier alpha value is -2.54. The van der Waals surface area contributed by atoms with Crippen LogP contribution in [0.25, 0.3) is 0 Å². The SMILES string of the molecule is CN=C(NCCCCOc1ccc(F)cc1)NCC(c1ccco1)N1CCCC1. The Bertz CT molecular complexity index is 728. The first-order valence-corrected chi connectivity index (χ1v) is 10.4. The molecule has 0 amide bonds. The highest BCUT2D eigenvalue weighted by atomic mass is 19.1. The number of nitrogens with one attached hydrogen (secondary N) is 2. The van der Waals surface area contributed by atoms with Crippen LogP contribution >= 0.6 is 0 Å². The average molecular weight is 403 g/mol. The van der Waals surface area contributed by atoms with Gasteiger partial charge in [0, 0.05) is 20.1 Å². The number of furan rings is 1. The molecule has 1 aliphatic rings. The maximum Gasteiger partial charge on any atom is 0.191 e. The van der Waals surface area contributed by atoms with E-state index >= 15 is 0 Å². The van der Waals surface area contributed by atoms with Crippen molar-refractivity contribution in [3.8, 4) is 5.75 Å². The highest BCUT2D eigenvalue weighted by molar-refractivity contribution is 5.79. The van der Waals surface area contributed by atoms with Crippen LogP contribution in [-0.2, 0) is 0 Å². The minimum atomic E-state index is -0.251. The minimum Gasteiger partial charge on any atom is -0.494 e. The lowest BCUT2D eigenvalue weighted by molar-refractivity contribution is 0.215. The van der Waals surface area contributed by atoms with Crippen LogP contribution < -0.4 is 15.4 Å². The zero-order valence-electron chi connectivity index (χ0n) is 17.1. The van der Waals surface area contributed by atoms with Gasteiger partial charge in [-0.1, -0.05) is 0 Å². The standard InChI is InChI=1S/C22H31FN4O2/c1-24-22(25-12-2-5-15-28-19-10-8-18(23)9-11-19)26-17-20(21-7-6-16-29-21)27-13-3-4-14-27/h6-11,16,20H,2-5,12-15,17H2,1H3,(H2,24,25,26). The molecule has 0 radical (unpaired) electrons. The Morgan fingerprint density at radius 1 is 1.17 bits per heavy atom. The molecular weight excluding hydrogens is 371 g/mol. The fourth-order valence-corrected chi connectivity index (χ4v) is 3.51. The summed E-state index contributed by atoms with van der Waals surface area (Å²) in [5.41, 5.74) is 0. The molecular formula is C22H31FN4O2. The highest BCUT2D eigenvalue weighted by Gasteiger charge is 2.25. The number of nitrogens with zero attached hydrogens (tertiary/aromatic N) is 2. The molecule has 0 saturated carbocycles. The third kappa shape index (κ3) is 6.78. The second-order valence-electron chi connectivity index (χ2n) is 7.16. The van der Waals surface area contributed by atoms with Gasteiger partial charge in [-0.3, -0.25) is 9.89 Å². The molecule has 6 nitrogen and oxygen atoms in total. The number of likely N-dealkylation sites (tertiary alicyclic amines) is 1. The first-order valence-electron chi connectivity index (χ1n) is 10.4. The molecule has 1 aliphatic heterocycles. The molecule has 1 fully saturated rings. The fourth-order valence-electron chi connectivity index (χ4n) is 3.51. The summed E-state index contributed by atoms with van der Waals surface area (Å²) in [6.45, 7) is 4.37. The Morgan fingerprint density at radius 2 is 1.97 bits per heavy atom. The van der Waals surface area contributed by atoms with Crippen LogP contribution in [0, 0.1) is 5.82 Å². The van der Waals surface area contributed by atoms with Gasteiger partial charge in [0.15, 0.2) is 5.96 Å². The molecule has 2 aromatic rings. The lowest BCUT2D eigenvalue weighted by Gasteiger charge is -2.26. The van der Waals surface area contributed by atoms with Crippen LogP contribution in [-0.4, -0.2) is 50.7 Å². The van der Waals surface area contributed by atoms with Gasteiger partial charge in [-0.15, -0.1) is 0 Å². The largest absolute Gasteiger partial charge is 0.494 e. The number of unbranched alkanes of at least 4 members (excludes halogenated alkanes) is 1. The van der Waals surface area contributed by atoms with E-state index in [0.29, 0.717) is 12.4 Å². The molecule has 1 saturated heterocycles. The van der Waals surface area contributed by atoms with Crippen LogP contribution in [0.15, 0.2) is 52.1 Å². The number of halogens is 1. The van der Waals surface area contributed by atoms with Crippen molar-refractivity contribution < 1.29 is 13.5 Å². The van der Waals surface area contributed by atoms with Gasteiger partial charge in [0.05, 0.1) is 18.9 Å². The summed E-state index contributed by atoms with van der Waals surface area (Å²) in [5, 5.41) is 6.78. The van der Waals surface area contributed by atoms with Crippen LogP contribution in [0.2, 0.25) is 0 Å². The van der Waals surface area contributed by atoms with Crippen molar-refractivity contribution in [1.29, 1.82) is 0 Å². The number of hydrogen-bond acceptors (Lipinski definition) is 4. The van der Waals surface area contributed by atoms with E-state index in [9.17, 15) is 4.39 Å². The predicted octanol–water partition coefficient (Wildman–Crippen LogP) is 3.58. The lowest BCUT2D eigenvalue weighted by atomic mass is 10.2. The first-order chi connectivity index (χ1) is 14.3. The van der Waals surface area contributed by atoms with E-state index in [2.05, 4.69) is 20.5 Å². The fraction of sp³-hybridized carbons (Fsp3) is 0.500. The number of ether oxygens (including phenoxy) is 1. The van der Waals surface area contributed by atoms with Crippen molar-refractivity contribution in [2.24, 2.45) is 4.99 Å². The van der Waals surface area contributed by atoms with Crippen LogP contribution in [0.5, 0.6) is 5.75 Å². The van der Waals surface area contributed by atoms with Crippen LogP contribution in [0.1, 0.15) is 37.5 Å². The summed E-state index contributed by atoms with van der Waals surface area (Å²) >= 11 is 0. The Labute approximate surface area is 172 Å². The molecule has 0 bridgehead atoms. The predicted molar refractivity (Wildman–Crippen MR) is 113 cm³/mol. The van der Waals surface area contributed by atoms with Gasteiger partial charge in [-0.2, -0.15) is 0 Å². The van der Waals surface area contributed by atoms with E-state index in [1.807, 2.05) is 12.1 Å². The van der Waals surface area contributed by atoms with Crippen molar-refractivity contribution >= 4 is 5.96 Å². The number of benzene rings is 1. The molecule has 7 heteroatoms. The minimum absolute atomic E-state index is 0.218. The Balaban J connectivity index is 1.34. The summed E-state index contributed by atoms with van der Waals surface area (Å²) < 4.78 is 24.2. The molecule has 2 heterocycles. The van der Waals surface area contributed by atoms with Gasteiger partial charge in [-0.25, -0.2) is 4.39 Å². The smallest absolute Gasteiger partial charge is 0.191 e. The first kappa shape index (κ1) is 21.2. The lowest BCUT2D eigenvalue weighted by Crippen LogP contribution is -2.42. The highest BCUT2D eigenvalue weighted by Crippen LogP contribution is 2.24. The number of guanidine groups is 1. The van der Waals surface area contributed by atoms with Crippen molar-refractivity contribution in [1.82, 2.24) is 15.5 Å². The summed E-state index contributed by atoms with van der Waals surface area (Å²) in [6.07, 6.45) is 6.08. The Kier molecular flexibility index (Phi) is 8.37. The third-order valence-electron chi connectivity index (χ3n) is 5.09. The van der Waals surface area contributed by atoms with Gasteiger partial charge in [0.2, 0.25) is 0 Å². The van der Waals surface area contributed by atoms with Crippen LogP contribution in [0.3, 0.4) is 0 Å². The average Bonchev–Trinajstić information content (AvgIpc) is 3.45. The third-order valence-corrected chi connectivity index (χ3v) is 5.09. The maximum absolute atomic E-state index is 12.9. The normalized spacial score (nSPS) is 16.0. The van der Waals surface area contributed by atoms with Gasteiger partial charge in [0.25, 0.3) is 0 Å². The van der Waals surface area contributed by atoms with Gasteiger partial charge in [0.1, 0.15) is 17.3 Å². The van der Waals surface area contributed by atoms with Gasteiger partial charge >= 0.3 is 0 Å². The van der Waals surface area contributed by atoms with Crippen molar-refractivity contribution in [2.75, 3.05) is 39.8 Å².